The first kappa shape index (κ1) is 16.5. The summed E-state index contributed by atoms with van der Waals surface area (Å²) in [4.78, 5) is 4.37. The van der Waals surface area contributed by atoms with Gasteiger partial charge in [-0.3, -0.25) is 5.10 Å². The number of nitriles is 1. The monoisotopic (exact) mass is 330 g/mol. The van der Waals surface area contributed by atoms with Crippen LogP contribution in [-0.4, -0.2) is 23.5 Å². The maximum atomic E-state index is 9.48. The second-order valence-corrected chi connectivity index (χ2v) is 5.66. The first-order chi connectivity index (χ1) is 12.2. The Morgan fingerprint density at radius 1 is 1.24 bits per heavy atom. The van der Waals surface area contributed by atoms with Crippen molar-refractivity contribution in [3.05, 3.63) is 76.5 Å². The average molecular weight is 330 g/mol. The molecular weight excluding hydrogens is 312 g/mol. The molecule has 3 aromatic rings. The molecule has 0 saturated heterocycles. The van der Waals surface area contributed by atoms with Crippen molar-refractivity contribution in [3.63, 3.8) is 0 Å². The number of aromatic amines is 1. The van der Waals surface area contributed by atoms with Gasteiger partial charge in [0.15, 0.2) is 5.82 Å². The molecule has 5 heteroatoms. The van der Waals surface area contributed by atoms with Gasteiger partial charge in [0.2, 0.25) is 0 Å². The molecule has 0 atom stereocenters. The Kier molecular flexibility index (Phi) is 4.91. The lowest BCUT2D eigenvalue weighted by Gasteiger charge is -2.04. The normalized spacial score (nSPS) is 10.8. The van der Waals surface area contributed by atoms with Crippen LogP contribution < -0.4 is 4.74 Å². The first-order valence-corrected chi connectivity index (χ1v) is 7.91. The van der Waals surface area contributed by atoms with E-state index in [1.165, 1.54) is 0 Å². The zero-order valence-corrected chi connectivity index (χ0v) is 14.2. The average Bonchev–Trinajstić information content (AvgIpc) is 3.03. The Bertz CT molecular complexity index is 936. The molecule has 1 aromatic heterocycles. The molecule has 0 fully saturated rings. The minimum Gasteiger partial charge on any atom is -0.496 e. The van der Waals surface area contributed by atoms with Crippen molar-refractivity contribution in [1.29, 1.82) is 5.26 Å². The molecule has 0 unspecified atom stereocenters. The molecule has 2 aromatic carbocycles. The fraction of sp³-hybridized carbons (Fsp3) is 0.150. The van der Waals surface area contributed by atoms with Crippen LogP contribution >= 0.6 is 0 Å². The number of nitrogens with zero attached hydrogens (tertiary/aromatic N) is 3. The number of aryl methyl sites for hydroxylation is 1. The molecule has 1 heterocycles. The maximum absolute atomic E-state index is 9.48. The van der Waals surface area contributed by atoms with Crippen LogP contribution in [0.2, 0.25) is 0 Å². The third kappa shape index (κ3) is 3.75. The fourth-order valence-corrected chi connectivity index (χ4v) is 2.56. The Hall–Kier alpha value is -3.39. The molecule has 0 amide bonds. The molecule has 0 radical (unpaired) electrons. The highest BCUT2D eigenvalue weighted by Gasteiger charge is 2.12. The summed E-state index contributed by atoms with van der Waals surface area (Å²) in [7, 11) is 1.64. The van der Waals surface area contributed by atoms with E-state index in [1.807, 2.05) is 55.5 Å². The summed E-state index contributed by atoms with van der Waals surface area (Å²) in [6.45, 7) is 1.98. The van der Waals surface area contributed by atoms with Gasteiger partial charge in [-0.1, -0.05) is 42.5 Å². The van der Waals surface area contributed by atoms with E-state index in [4.69, 9.17) is 4.74 Å². The number of ether oxygens (including phenoxy) is 1. The summed E-state index contributed by atoms with van der Waals surface area (Å²) in [5, 5.41) is 16.6. The van der Waals surface area contributed by atoms with Gasteiger partial charge >= 0.3 is 0 Å². The number of aliphatic imine (C=N–C) groups is 1. The van der Waals surface area contributed by atoms with Gasteiger partial charge in [0.1, 0.15) is 17.4 Å². The van der Waals surface area contributed by atoms with Crippen LogP contribution in [0.1, 0.15) is 27.9 Å². The van der Waals surface area contributed by atoms with Gasteiger partial charge in [0.25, 0.3) is 0 Å². The van der Waals surface area contributed by atoms with Gasteiger partial charge in [-0.25, -0.2) is 4.99 Å². The van der Waals surface area contributed by atoms with Gasteiger partial charge in [-0.2, -0.15) is 10.4 Å². The van der Waals surface area contributed by atoms with E-state index >= 15 is 0 Å². The standard InChI is InChI=1S/C20H18N4O/c1-14-8-9-16(11-19(14)25-2)13-22-20-17(12-21)18(23-24-20)10-15-6-4-3-5-7-15/h3-9,11,13H,10H2,1-2H3,(H,23,24). The lowest BCUT2D eigenvalue weighted by Crippen LogP contribution is -1.91. The summed E-state index contributed by atoms with van der Waals surface area (Å²) in [6, 6.07) is 18.0. The lowest BCUT2D eigenvalue weighted by atomic mass is 10.1. The summed E-state index contributed by atoms with van der Waals surface area (Å²) < 4.78 is 5.32. The smallest absolute Gasteiger partial charge is 0.191 e. The van der Waals surface area contributed by atoms with E-state index in [1.54, 1.807) is 13.3 Å². The predicted octanol–water partition coefficient (Wildman–Crippen LogP) is 3.94. The van der Waals surface area contributed by atoms with Gasteiger partial charge in [-0.05, 0) is 29.7 Å². The van der Waals surface area contributed by atoms with Crippen LogP contribution in [0.15, 0.2) is 53.5 Å². The van der Waals surface area contributed by atoms with E-state index in [9.17, 15) is 5.26 Å². The number of methoxy groups -OCH3 is 1. The van der Waals surface area contributed by atoms with Crippen molar-refractivity contribution < 1.29 is 4.74 Å². The third-order valence-electron chi connectivity index (χ3n) is 3.93. The molecule has 0 aliphatic heterocycles. The van der Waals surface area contributed by atoms with E-state index in [2.05, 4.69) is 21.3 Å². The van der Waals surface area contributed by atoms with Crippen LogP contribution in [-0.2, 0) is 6.42 Å². The molecule has 0 aliphatic carbocycles. The van der Waals surface area contributed by atoms with Crippen LogP contribution in [0.3, 0.4) is 0 Å². The van der Waals surface area contributed by atoms with E-state index in [0.717, 1.165) is 28.1 Å². The molecule has 124 valence electrons. The molecule has 25 heavy (non-hydrogen) atoms. The topological polar surface area (TPSA) is 74.1 Å². The number of H-pyrrole nitrogens is 1. The van der Waals surface area contributed by atoms with Crippen LogP contribution in [0.5, 0.6) is 5.75 Å². The molecule has 1 N–H and O–H groups in total. The van der Waals surface area contributed by atoms with Crippen LogP contribution in [0.25, 0.3) is 0 Å². The van der Waals surface area contributed by atoms with E-state index in [-0.39, 0.29) is 0 Å². The number of aromatic nitrogens is 2. The third-order valence-corrected chi connectivity index (χ3v) is 3.93. The molecule has 0 spiro atoms. The molecule has 0 bridgehead atoms. The van der Waals surface area contributed by atoms with Crippen molar-refractivity contribution in [2.45, 2.75) is 13.3 Å². The highest BCUT2D eigenvalue weighted by Crippen LogP contribution is 2.22. The number of hydrogen-bond donors (Lipinski definition) is 1. The van der Waals surface area contributed by atoms with Gasteiger partial charge in [-0.15, -0.1) is 0 Å². The van der Waals surface area contributed by atoms with Gasteiger partial charge < -0.3 is 4.74 Å². The molecule has 0 saturated carbocycles. The van der Waals surface area contributed by atoms with Gasteiger partial charge in [0, 0.05) is 12.6 Å². The number of rotatable bonds is 5. The summed E-state index contributed by atoms with van der Waals surface area (Å²) in [5.74, 6) is 1.20. The zero-order valence-electron chi connectivity index (χ0n) is 14.2. The lowest BCUT2D eigenvalue weighted by molar-refractivity contribution is 0.411. The predicted molar refractivity (Wildman–Crippen MR) is 97.5 cm³/mol. The van der Waals surface area contributed by atoms with E-state index < -0.39 is 0 Å². The number of benzene rings is 2. The quantitative estimate of drug-likeness (QED) is 0.720. The van der Waals surface area contributed by atoms with Crippen LogP contribution in [0.4, 0.5) is 5.82 Å². The van der Waals surface area contributed by atoms with Crippen molar-refractivity contribution in [2.24, 2.45) is 4.99 Å². The van der Waals surface area contributed by atoms with Crippen molar-refractivity contribution in [2.75, 3.05) is 7.11 Å². The molecule has 5 nitrogen and oxygen atoms in total. The number of nitrogens with one attached hydrogen (secondary N) is 1. The summed E-state index contributed by atoms with van der Waals surface area (Å²) >= 11 is 0. The van der Waals surface area contributed by atoms with Gasteiger partial charge in [0.05, 0.1) is 12.8 Å². The van der Waals surface area contributed by atoms with Crippen molar-refractivity contribution >= 4 is 12.0 Å². The fourth-order valence-electron chi connectivity index (χ4n) is 2.56. The highest BCUT2D eigenvalue weighted by molar-refractivity contribution is 5.83. The Morgan fingerprint density at radius 3 is 2.76 bits per heavy atom. The minimum atomic E-state index is 0.396. The maximum Gasteiger partial charge on any atom is 0.191 e. The number of hydrogen-bond acceptors (Lipinski definition) is 4. The zero-order chi connectivity index (χ0) is 17.6. The van der Waals surface area contributed by atoms with E-state index in [0.29, 0.717) is 17.8 Å². The SMILES string of the molecule is COc1cc(C=Nc2n[nH]c(Cc3ccccc3)c2C#N)ccc1C. The minimum absolute atomic E-state index is 0.396. The Morgan fingerprint density at radius 2 is 2.04 bits per heavy atom. The molecule has 0 aliphatic rings. The summed E-state index contributed by atoms with van der Waals surface area (Å²) in [5.41, 5.74) is 4.30. The molecular formula is C20H18N4O. The largest absolute Gasteiger partial charge is 0.496 e. The second-order valence-electron chi connectivity index (χ2n) is 5.66. The van der Waals surface area contributed by atoms with Crippen molar-refractivity contribution in [3.8, 4) is 11.8 Å². The Balaban J connectivity index is 1.85. The second kappa shape index (κ2) is 7.45. The summed E-state index contributed by atoms with van der Waals surface area (Å²) in [6.07, 6.45) is 2.30. The Labute approximate surface area is 146 Å². The first-order valence-electron chi connectivity index (χ1n) is 7.91. The highest BCUT2D eigenvalue weighted by atomic mass is 16.5. The van der Waals surface area contributed by atoms with Crippen LogP contribution in [0, 0.1) is 18.3 Å². The van der Waals surface area contributed by atoms with Crippen molar-refractivity contribution in [1.82, 2.24) is 10.2 Å². The molecule has 3 rings (SSSR count).